The maximum Gasteiger partial charge on any atom is 0.130 e. The maximum atomic E-state index is 6.26. The SMILES string of the molecule is Clc1ccc2ccc(COc3cccc(C[P+](c4ccccc4)(c4ccccc4)c4ccccc4)c3)nc2c1.[Br-]. The summed E-state index contributed by atoms with van der Waals surface area (Å²) in [7, 11) is -1.98. The van der Waals surface area contributed by atoms with Crippen molar-refractivity contribution in [3.63, 3.8) is 0 Å². The van der Waals surface area contributed by atoms with Crippen molar-refractivity contribution in [1.29, 1.82) is 0 Å². The molecule has 5 heteroatoms. The van der Waals surface area contributed by atoms with E-state index in [1.807, 2.05) is 30.3 Å². The lowest BCUT2D eigenvalue weighted by molar-refractivity contribution is -0.00000789. The number of ether oxygens (including phenoxy) is 1. The Kier molecular flexibility index (Phi) is 8.97. The zero-order valence-corrected chi connectivity index (χ0v) is 25.1. The molecule has 0 spiro atoms. The first-order valence-corrected chi connectivity index (χ1v) is 15.4. The van der Waals surface area contributed by atoms with Gasteiger partial charge in [0.1, 0.15) is 35.5 Å². The topological polar surface area (TPSA) is 22.1 Å². The van der Waals surface area contributed by atoms with E-state index in [0.717, 1.165) is 28.5 Å². The summed E-state index contributed by atoms with van der Waals surface area (Å²) >= 11 is 6.18. The Labute approximate surface area is 251 Å². The fourth-order valence-electron chi connectivity index (χ4n) is 5.15. The van der Waals surface area contributed by atoms with E-state index in [-0.39, 0.29) is 17.0 Å². The normalized spacial score (nSPS) is 11.1. The van der Waals surface area contributed by atoms with Gasteiger partial charge in [-0.15, -0.1) is 0 Å². The summed E-state index contributed by atoms with van der Waals surface area (Å²) in [5.74, 6) is 0.841. The lowest BCUT2D eigenvalue weighted by atomic mass is 10.2. The number of fused-ring (bicyclic) bond motifs is 1. The van der Waals surface area contributed by atoms with Crippen molar-refractivity contribution in [3.8, 4) is 5.75 Å². The first-order chi connectivity index (χ1) is 19.2. The molecule has 5 aromatic carbocycles. The molecule has 0 aliphatic rings. The molecule has 0 bridgehead atoms. The lowest BCUT2D eigenvalue weighted by Gasteiger charge is -2.28. The van der Waals surface area contributed by atoms with Crippen molar-refractivity contribution in [1.82, 2.24) is 4.98 Å². The quantitative estimate of drug-likeness (QED) is 0.223. The molecule has 0 amide bonds. The van der Waals surface area contributed by atoms with Gasteiger partial charge in [0, 0.05) is 10.4 Å². The van der Waals surface area contributed by atoms with Crippen LogP contribution in [0.5, 0.6) is 5.75 Å². The van der Waals surface area contributed by atoms with Gasteiger partial charge in [0.25, 0.3) is 0 Å². The molecule has 40 heavy (non-hydrogen) atoms. The monoisotopic (exact) mass is 623 g/mol. The van der Waals surface area contributed by atoms with E-state index in [2.05, 4.69) is 115 Å². The van der Waals surface area contributed by atoms with E-state index < -0.39 is 7.26 Å². The number of nitrogens with zero attached hydrogens (tertiary/aromatic N) is 1. The molecule has 6 rings (SSSR count). The first kappa shape index (κ1) is 28.1. The third-order valence-corrected chi connectivity index (χ3v) is 11.6. The Bertz CT molecular complexity index is 1600. The fraction of sp³-hybridized carbons (Fsp3) is 0.0571. The van der Waals surface area contributed by atoms with Crippen LogP contribution in [0.1, 0.15) is 11.3 Å². The highest BCUT2D eigenvalue weighted by Crippen LogP contribution is 2.58. The van der Waals surface area contributed by atoms with Gasteiger partial charge in [-0.25, -0.2) is 4.98 Å². The summed E-state index contributed by atoms with van der Waals surface area (Å²) in [6, 6.07) is 51.2. The molecule has 0 aliphatic heterocycles. The van der Waals surface area contributed by atoms with E-state index in [4.69, 9.17) is 21.3 Å². The second-order valence-electron chi connectivity index (χ2n) is 9.55. The minimum atomic E-state index is -1.98. The summed E-state index contributed by atoms with van der Waals surface area (Å²) in [5.41, 5.74) is 2.99. The highest BCUT2D eigenvalue weighted by Gasteiger charge is 2.45. The summed E-state index contributed by atoms with van der Waals surface area (Å²) in [6.07, 6.45) is 0.898. The number of aromatic nitrogens is 1. The highest BCUT2D eigenvalue weighted by molar-refractivity contribution is 7.95. The number of halogens is 2. The van der Waals surface area contributed by atoms with Gasteiger partial charge >= 0.3 is 0 Å². The van der Waals surface area contributed by atoms with Crippen molar-refractivity contribution in [2.24, 2.45) is 0 Å². The predicted molar refractivity (Wildman–Crippen MR) is 166 cm³/mol. The number of pyridine rings is 1. The molecule has 0 fully saturated rings. The van der Waals surface area contributed by atoms with Crippen LogP contribution in [-0.4, -0.2) is 4.98 Å². The number of rotatable bonds is 8. The van der Waals surface area contributed by atoms with Gasteiger partial charge in [0.05, 0.1) is 17.4 Å². The Hall–Kier alpha value is -3.49. The van der Waals surface area contributed by atoms with Crippen LogP contribution in [0.15, 0.2) is 146 Å². The molecule has 1 heterocycles. The van der Waals surface area contributed by atoms with Crippen molar-refractivity contribution in [3.05, 3.63) is 162 Å². The Morgan fingerprint density at radius 2 is 1.18 bits per heavy atom. The molecular weight excluding hydrogens is 597 g/mol. The van der Waals surface area contributed by atoms with Gasteiger partial charge in [-0.3, -0.25) is 0 Å². The van der Waals surface area contributed by atoms with Crippen LogP contribution in [-0.2, 0) is 12.8 Å². The molecule has 0 atom stereocenters. The Morgan fingerprint density at radius 3 is 1.77 bits per heavy atom. The summed E-state index contributed by atoms with van der Waals surface area (Å²) in [4.78, 5) is 4.75. The van der Waals surface area contributed by atoms with Crippen molar-refractivity contribution in [2.45, 2.75) is 12.8 Å². The first-order valence-electron chi connectivity index (χ1n) is 13.0. The molecule has 0 unspecified atom stereocenters. The highest BCUT2D eigenvalue weighted by atomic mass is 79.9. The largest absolute Gasteiger partial charge is 1.00 e. The molecule has 2 nitrogen and oxygen atoms in total. The standard InChI is InChI=1S/C35H28ClNOP.BrH/c36-29-21-19-28-20-22-30(37-35(28)24-29)25-38-31-12-10-11-27(23-31)26-39(32-13-4-1-5-14-32,33-15-6-2-7-16-33)34-17-8-3-9-18-34;/h1-24H,25-26H2;1H/q+1;/p-1. The zero-order valence-electron chi connectivity index (χ0n) is 21.8. The van der Waals surface area contributed by atoms with Gasteiger partial charge in [-0.2, -0.15) is 0 Å². The second kappa shape index (κ2) is 12.8. The fourth-order valence-corrected chi connectivity index (χ4v) is 9.54. The van der Waals surface area contributed by atoms with Gasteiger partial charge < -0.3 is 21.7 Å². The Morgan fingerprint density at radius 1 is 0.600 bits per heavy atom. The van der Waals surface area contributed by atoms with Crippen LogP contribution in [0.25, 0.3) is 10.9 Å². The van der Waals surface area contributed by atoms with Crippen LogP contribution in [0.3, 0.4) is 0 Å². The minimum Gasteiger partial charge on any atom is -1.00 e. The van der Waals surface area contributed by atoms with E-state index in [1.165, 1.54) is 21.5 Å². The smallest absolute Gasteiger partial charge is 0.130 e. The summed E-state index contributed by atoms with van der Waals surface area (Å²) in [5, 5.41) is 5.85. The van der Waals surface area contributed by atoms with Crippen LogP contribution < -0.4 is 37.6 Å². The number of benzene rings is 5. The predicted octanol–water partition coefficient (Wildman–Crippen LogP) is 4.97. The van der Waals surface area contributed by atoms with E-state index in [0.29, 0.717) is 11.6 Å². The van der Waals surface area contributed by atoms with Crippen LogP contribution in [0, 0.1) is 0 Å². The zero-order chi connectivity index (χ0) is 26.5. The van der Waals surface area contributed by atoms with Crippen molar-refractivity contribution in [2.75, 3.05) is 0 Å². The average molecular weight is 625 g/mol. The minimum absolute atomic E-state index is 0. The molecule has 0 N–H and O–H groups in total. The molecule has 1 aromatic heterocycles. The van der Waals surface area contributed by atoms with Gasteiger partial charge in [-0.1, -0.05) is 90.5 Å². The summed E-state index contributed by atoms with van der Waals surface area (Å²) in [6.45, 7) is 0.391. The summed E-state index contributed by atoms with van der Waals surface area (Å²) < 4.78 is 6.26. The van der Waals surface area contributed by atoms with Gasteiger partial charge in [-0.05, 0) is 72.3 Å². The second-order valence-corrected chi connectivity index (χ2v) is 13.5. The van der Waals surface area contributed by atoms with Crippen LogP contribution in [0.4, 0.5) is 0 Å². The lowest BCUT2D eigenvalue weighted by Crippen LogP contribution is -3.00. The van der Waals surface area contributed by atoms with E-state index in [1.54, 1.807) is 0 Å². The van der Waals surface area contributed by atoms with Crippen LogP contribution >= 0.6 is 18.9 Å². The average Bonchev–Trinajstić information content (AvgIpc) is 3.00. The molecule has 6 aromatic rings. The van der Waals surface area contributed by atoms with Crippen molar-refractivity contribution < 1.29 is 21.7 Å². The molecule has 0 saturated heterocycles. The number of hydrogen-bond donors (Lipinski definition) is 0. The van der Waals surface area contributed by atoms with E-state index >= 15 is 0 Å². The molecule has 198 valence electrons. The van der Waals surface area contributed by atoms with Gasteiger partial charge in [0.15, 0.2) is 0 Å². The Balaban J connectivity index is 0.00000323. The molecule has 0 radical (unpaired) electrons. The third kappa shape index (κ3) is 5.98. The van der Waals surface area contributed by atoms with E-state index in [9.17, 15) is 0 Å². The van der Waals surface area contributed by atoms with Crippen molar-refractivity contribution >= 4 is 45.7 Å². The van der Waals surface area contributed by atoms with Gasteiger partial charge in [0.2, 0.25) is 0 Å². The van der Waals surface area contributed by atoms with Crippen LogP contribution in [0.2, 0.25) is 5.02 Å². The molecular formula is C35H28BrClNOP. The molecule has 0 saturated carbocycles. The molecule has 0 aliphatic carbocycles. The maximum absolute atomic E-state index is 6.26. The third-order valence-electron chi connectivity index (χ3n) is 7.01. The number of hydrogen-bond acceptors (Lipinski definition) is 2.